The van der Waals surface area contributed by atoms with Crippen LogP contribution >= 0.6 is 0 Å². The molecular weight excluding hydrogens is 494 g/mol. The highest BCUT2D eigenvalue weighted by Gasteiger charge is 2.33. The third-order valence-electron chi connectivity index (χ3n) is 6.79. The molecule has 2 heterocycles. The van der Waals surface area contributed by atoms with Gasteiger partial charge in [0, 0.05) is 23.4 Å². The Labute approximate surface area is 220 Å². The van der Waals surface area contributed by atoms with E-state index in [0.717, 1.165) is 53.6 Å². The highest BCUT2D eigenvalue weighted by molar-refractivity contribution is 5.92. The van der Waals surface area contributed by atoms with Gasteiger partial charge in [0.25, 0.3) is 0 Å². The number of nitrogens with one attached hydrogen (secondary N) is 1. The topological polar surface area (TPSA) is 101 Å². The van der Waals surface area contributed by atoms with Crippen LogP contribution in [0.25, 0.3) is 17.0 Å². The van der Waals surface area contributed by atoms with Gasteiger partial charge >= 0.3 is 0 Å². The molecule has 1 aliphatic rings. The van der Waals surface area contributed by atoms with Crippen molar-refractivity contribution in [1.82, 2.24) is 10.3 Å². The molecule has 0 aliphatic carbocycles. The fourth-order valence-electron chi connectivity index (χ4n) is 4.78. The summed E-state index contributed by atoms with van der Waals surface area (Å²) in [6.45, 7) is -0.422. The van der Waals surface area contributed by atoms with Crippen molar-refractivity contribution in [1.29, 1.82) is 0 Å². The SMILES string of the molecule is COc1cnc2cccc(CC[C@H]3CC[C@@H](NC(=O)/C=C/c4cc(F)ccc4F)[C@H](C[C@@H](O)CO)O3)c2c1. The maximum absolute atomic E-state index is 13.9. The number of rotatable bonds is 10. The second-order valence-corrected chi connectivity index (χ2v) is 9.46. The van der Waals surface area contributed by atoms with Crippen LogP contribution in [0.4, 0.5) is 8.78 Å². The minimum absolute atomic E-state index is 0.0337. The first-order valence-corrected chi connectivity index (χ1v) is 12.7. The molecular formula is C29H32F2N2O5. The lowest BCUT2D eigenvalue weighted by atomic mass is 9.91. The fraction of sp³-hybridized carbons (Fsp3) is 0.379. The molecule has 1 aromatic heterocycles. The fourth-order valence-corrected chi connectivity index (χ4v) is 4.78. The summed E-state index contributed by atoms with van der Waals surface area (Å²) in [6.07, 6.45) is 5.33. The lowest BCUT2D eigenvalue weighted by Crippen LogP contribution is -2.50. The van der Waals surface area contributed by atoms with Gasteiger partial charge in [-0.2, -0.15) is 0 Å². The second-order valence-electron chi connectivity index (χ2n) is 9.46. The highest BCUT2D eigenvalue weighted by atomic mass is 19.1. The number of hydrogen-bond donors (Lipinski definition) is 3. The van der Waals surface area contributed by atoms with E-state index in [1.807, 2.05) is 18.2 Å². The van der Waals surface area contributed by atoms with Gasteiger partial charge < -0.3 is 25.0 Å². The predicted molar refractivity (Wildman–Crippen MR) is 140 cm³/mol. The summed E-state index contributed by atoms with van der Waals surface area (Å²) in [5.74, 6) is -1.04. The van der Waals surface area contributed by atoms with Crippen LogP contribution in [-0.4, -0.2) is 59.2 Å². The lowest BCUT2D eigenvalue weighted by molar-refractivity contribution is -0.124. The molecule has 1 fully saturated rings. The average molecular weight is 527 g/mol. The Hall–Kier alpha value is -3.40. The van der Waals surface area contributed by atoms with Crippen molar-refractivity contribution < 1.29 is 33.3 Å². The van der Waals surface area contributed by atoms with Crippen molar-refractivity contribution in [2.24, 2.45) is 0 Å². The smallest absolute Gasteiger partial charge is 0.244 e. The average Bonchev–Trinajstić information content (AvgIpc) is 2.93. The minimum Gasteiger partial charge on any atom is -0.495 e. The highest BCUT2D eigenvalue weighted by Crippen LogP contribution is 2.28. The zero-order valence-electron chi connectivity index (χ0n) is 21.1. The standard InChI is InChI=1S/C29H32F2N2O5/c1-37-23-15-24-18(3-2-4-26(24)32-16-23)5-8-22-9-11-27(28(38-22)14-21(35)17-34)33-29(36)12-6-19-13-20(30)7-10-25(19)31/h2-4,6-7,10,12-13,15-16,21-22,27-28,34-35H,5,8-9,11,14,17H2,1H3,(H,33,36)/b12-6+/t21-,22+,27-,28+/m1/s1. The number of aliphatic hydroxyl groups is 2. The van der Waals surface area contributed by atoms with Gasteiger partial charge in [-0.05, 0) is 67.7 Å². The Morgan fingerprint density at radius 2 is 2.11 bits per heavy atom. The maximum atomic E-state index is 13.9. The number of aromatic nitrogens is 1. The number of fused-ring (bicyclic) bond motifs is 1. The van der Waals surface area contributed by atoms with Crippen molar-refractivity contribution in [2.45, 2.75) is 56.5 Å². The van der Waals surface area contributed by atoms with Crippen LogP contribution in [0.15, 0.2) is 54.7 Å². The van der Waals surface area contributed by atoms with Crippen molar-refractivity contribution in [3.63, 3.8) is 0 Å². The van der Waals surface area contributed by atoms with E-state index in [1.54, 1.807) is 13.3 Å². The van der Waals surface area contributed by atoms with E-state index in [2.05, 4.69) is 16.4 Å². The molecule has 0 radical (unpaired) electrons. The second kappa shape index (κ2) is 12.9. The monoisotopic (exact) mass is 526 g/mol. The minimum atomic E-state index is -0.994. The summed E-state index contributed by atoms with van der Waals surface area (Å²) in [5.41, 5.74) is 1.97. The van der Waals surface area contributed by atoms with E-state index in [1.165, 1.54) is 6.08 Å². The number of methoxy groups -OCH3 is 1. The van der Waals surface area contributed by atoms with Crippen LogP contribution < -0.4 is 10.1 Å². The van der Waals surface area contributed by atoms with Crippen LogP contribution in [-0.2, 0) is 16.0 Å². The molecule has 4 rings (SSSR count). The third-order valence-corrected chi connectivity index (χ3v) is 6.79. The molecule has 2 aromatic carbocycles. The van der Waals surface area contributed by atoms with Gasteiger partial charge in [0.1, 0.15) is 17.4 Å². The van der Waals surface area contributed by atoms with Gasteiger partial charge in [-0.15, -0.1) is 0 Å². The van der Waals surface area contributed by atoms with E-state index in [4.69, 9.17) is 9.47 Å². The van der Waals surface area contributed by atoms with Crippen molar-refractivity contribution in [3.05, 3.63) is 77.5 Å². The normalized spacial score (nSPS) is 20.5. The molecule has 202 valence electrons. The molecule has 1 amide bonds. The first-order chi connectivity index (χ1) is 18.4. The number of amides is 1. The van der Waals surface area contributed by atoms with Crippen LogP contribution in [0.2, 0.25) is 0 Å². The zero-order chi connectivity index (χ0) is 27.1. The van der Waals surface area contributed by atoms with Crippen molar-refractivity contribution >= 4 is 22.9 Å². The number of pyridine rings is 1. The van der Waals surface area contributed by atoms with E-state index >= 15 is 0 Å². The van der Waals surface area contributed by atoms with Crippen molar-refractivity contribution in [2.75, 3.05) is 13.7 Å². The molecule has 3 aromatic rings. The van der Waals surface area contributed by atoms with Crippen LogP contribution in [0.1, 0.15) is 36.8 Å². The summed E-state index contributed by atoms with van der Waals surface area (Å²) >= 11 is 0. The first-order valence-electron chi connectivity index (χ1n) is 12.7. The maximum Gasteiger partial charge on any atom is 0.244 e. The summed E-state index contributed by atoms with van der Waals surface area (Å²) in [6, 6.07) is 10.5. The number of hydrogen-bond acceptors (Lipinski definition) is 6. The number of aliphatic hydroxyl groups excluding tert-OH is 2. The first kappa shape index (κ1) is 27.6. The van der Waals surface area contributed by atoms with Crippen LogP contribution in [0.3, 0.4) is 0 Å². The molecule has 0 saturated carbocycles. The Bertz CT molecular complexity index is 1290. The lowest BCUT2D eigenvalue weighted by Gasteiger charge is -2.38. The van der Waals surface area contributed by atoms with Gasteiger partial charge in [-0.3, -0.25) is 9.78 Å². The molecule has 9 heteroatoms. The number of ether oxygens (including phenoxy) is 2. The Balaban J connectivity index is 1.40. The molecule has 0 bridgehead atoms. The summed E-state index contributed by atoms with van der Waals surface area (Å²) in [5, 5.41) is 23.3. The van der Waals surface area contributed by atoms with E-state index in [-0.39, 0.29) is 18.1 Å². The summed E-state index contributed by atoms with van der Waals surface area (Å²) in [4.78, 5) is 17.0. The van der Waals surface area contributed by atoms with Gasteiger partial charge in [-0.1, -0.05) is 12.1 Å². The third kappa shape index (κ3) is 7.12. The largest absolute Gasteiger partial charge is 0.495 e. The molecule has 3 N–H and O–H groups in total. The molecule has 1 aliphatic heterocycles. The van der Waals surface area contributed by atoms with E-state index in [9.17, 15) is 23.8 Å². The Kier molecular flexibility index (Phi) is 9.38. The summed E-state index contributed by atoms with van der Waals surface area (Å²) in [7, 11) is 1.60. The number of halogens is 2. The summed E-state index contributed by atoms with van der Waals surface area (Å²) < 4.78 is 38.9. The van der Waals surface area contributed by atoms with Gasteiger partial charge in [-0.25, -0.2) is 8.78 Å². The number of carbonyl (C=O) groups is 1. The van der Waals surface area contributed by atoms with E-state index < -0.39 is 42.4 Å². The number of nitrogens with zero attached hydrogens (tertiary/aromatic N) is 1. The Morgan fingerprint density at radius 3 is 2.89 bits per heavy atom. The van der Waals surface area contributed by atoms with Gasteiger partial charge in [0.05, 0.1) is 49.8 Å². The zero-order valence-corrected chi connectivity index (χ0v) is 21.1. The van der Waals surface area contributed by atoms with E-state index in [0.29, 0.717) is 18.6 Å². The molecule has 0 spiro atoms. The molecule has 38 heavy (non-hydrogen) atoms. The number of aryl methyl sites for hydroxylation is 1. The number of benzene rings is 2. The molecule has 1 saturated heterocycles. The molecule has 7 nitrogen and oxygen atoms in total. The van der Waals surface area contributed by atoms with Gasteiger partial charge in [0.2, 0.25) is 5.91 Å². The number of carbonyl (C=O) groups excluding carboxylic acids is 1. The van der Waals surface area contributed by atoms with Crippen LogP contribution in [0, 0.1) is 11.6 Å². The molecule has 4 atom stereocenters. The Morgan fingerprint density at radius 1 is 1.26 bits per heavy atom. The molecule has 0 unspecified atom stereocenters. The van der Waals surface area contributed by atoms with Gasteiger partial charge in [0.15, 0.2) is 0 Å². The quantitative estimate of drug-likeness (QED) is 0.346. The predicted octanol–water partition coefficient (Wildman–Crippen LogP) is 3.94. The van der Waals surface area contributed by atoms with Crippen molar-refractivity contribution in [3.8, 4) is 5.75 Å². The van der Waals surface area contributed by atoms with Crippen LogP contribution in [0.5, 0.6) is 5.75 Å².